The Morgan fingerprint density at radius 2 is 1.64 bits per heavy atom. The summed E-state index contributed by atoms with van der Waals surface area (Å²) in [6, 6.07) is 0. The fourth-order valence-corrected chi connectivity index (χ4v) is 0. The Kier molecular flexibility index (Phi) is 5.69. The molecule has 0 bridgehead atoms. The van der Waals surface area contributed by atoms with Crippen molar-refractivity contribution in [1.82, 2.24) is 4.90 Å². The second kappa shape index (κ2) is 4.89. The first-order valence-corrected chi connectivity index (χ1v) is 2.70. The molecule has 0 aromatic heterocycles. The van der Waals surface area contributed by atoms with Gasteiger partial charge in [-0.05, 0) is 14.1 Å². The number of carbonyl (C=O) groups is 1. The molecule has 6 heteroatoms. The molecule has 3 N–H and O–H groups in total. The van der Waals surface area contributed by atoms with E-state index in [1.165, 1.54) is 11.8 Å². The molecule has 0 rings (SSSR count). The van der Waals surface area contributed by atoms with Crippen LogP contribution in [0.5, 0.6) is 0 Å². The molecule has 0 amide bonds. The number of aliphatic hydroxyl groups is 2. The molecule has 0 fully saturated rings. The van der Waals surface area contributed by atoms with Crippen LogP contribution in [-0.2, 0) is 0 Å². The van der Waals surface area contributed by atoms with Crippen LogP contribution in [0.4, 0.5) is 4.79 Å². The maximum absolute atomic E-state index is 8.58. The first kappa shape index (κ1) is 12.8. The molecule has 68 valence electrons. The Morgan fingerprint density at radius 1 is 1.55 bits per heavy atom. The van der Waals surface area contributed by atoms with Crippen LogP contribution in [0.2, 0.25) is 0 Å². The number of carboxylic acid groups (broad SMARTS) is 2. The van der Waals surface area contributed by atoms with Crippen molar-refractivity contribution in [3.8, 4) is 0 Å². The standard InChI is InChI=1S/C4H11NO2.CH2O3/c1-4(6,7)5(2)3;2-1(3)4/h6-7H,1-3H3;(H2,2,3,4). The second-order valence-corrected chi connectivity index (χ2v) is 2.13. The summed E-state index contributed by atoms with van der Waals surface area (Å²) < 4.78 is 0. The molecule has 11 heavy (non-hydrogen) atoms. The summed E-state index contributed by atoms with van der Waals surface area (Å²) in [6.07, 6.45) is -2.08. The number of hydrogen-bond donors (Lipinski definition) is 3. The van der Waals surface area contributed by atoms with Crippen LogP contribution in [0.3, 0.4) is 0 Å². The fourth-order valence-electron chi connectivity index (χ4n) is 0. The lowest BCUT2D eigenvalue weighted by Crippen LogP contribution is -2.40. The third-order valence-electron chi connectivity index (χ3n) is 0.847. The van der Waals surface area contributed by atoms with Crippen molar-refractivity contribution < 1.29 is 26.6 Å². The molecule has 0 aromatic rings. The zero-order chi connectivity index (χ0) is 9.65. The monoisotopic (exact) mass is 167 g/mol. The van der Waals surface area contributed by atoms with Crippen molar-refractivity contribution in [1.29, 1.82) is 0 Å². The largest absolute Gasteiger partial charge is 1.00 e. The molecule has 0 heterocycles. The molecule has 0 radical (unpaired) electrons. The molecule has 0 saturated carbocycles. The molecule has 0 aliphatic carbocycles. The lowest BCUT2D eigenvalue weighted by atomic mass is 10.5. The molecular weight excluding hydrogens is 154 g/mol. The van der Waals surface area contributed by atoms with Gasteiger partial charge in [-0.2, -0.15) is 0 Å². The van der Waals surface area contributed by atoms with Gasteiger partial charge < -0.3 is 25.2 Å². The molecule has 0 saturated heterocycles. The molecular formula is C5H13NO5. The first-order chi connectivity index (χ1) is 4.68. The Hall–Kier alpha value is -0.850. The van der Waals surface area contributed by atoms with Crippen LogP contribution in [0.1, 0.15) is 8.35 Å². The van der Waals surface area contributed by atoms with E-state index in [0.29, 0.717) is 0 Å². The van der Waals surface area contributed by atoms with Crippen molar-refractivity contribution in [2.24, 2.45) is 0 Å². The van der Waals surface area contributed by atoms with Gasteiger partial charge in [-0.15, -0.1) is 0 Å². The van der Waals surface area contributed by atoms with Gasteiger partial charge in [0.25, 0.3) is 0 Å². The Labute approximate surface area is 65.8 Å². The fraction of sp³-hybridized carbons (Fsp3) is 0.800. The predicted octanol–water partition coefficient (Wildman–Crippen LogP) is -1.79. The van der Waals surface area contributed by atoms with Crippen molar-refractivity contribution in [2.45, 2.75) is 12.8 Å². The SMILES string of the molecule is CN(C)C(C)(O)O.O=C([O-])O.[H+]. The zero-order valence-electron chi connectivity index (χ0n) is 7.61. The van der Waals surface area contributed by atoms with Gasteiger partial charge in [-0.3, -0.25) is 4.90 Å². The maximum atomic E-state index is 8.58. The summed E-state index contributed by atoms with van der Waals surface area (Å²) in [6.45, 7) is 1.30. The van der Waals surface area contributed by atoms with E-state index in [4.69, 9.17) is 25.2 Å². The summed E-state index contributed by atoms with van der Waals surface area (Å²) in [4.78, 5) is 9.74. The Morgan fingerprint density at radius 3 is 1.64 bits per heavy atom. The van der Waals surface area contributed by atoms with E-state index < -0.39 is 12.1 Å². The van der Waals surface area contributed by atoms with Gasteiger partial charge in [0.1, 0.15) is 0 Å². The van der Waals surface area contributed by atoms with Crippen molar-refractivity contribution >= 4 is 6.16 Å². The van der Waals surface area contributed by atoms with E-state index in [0.717, 1.165) is 0 Å². The number of nitrogens with zero attached hydrogens (tertiary/aromatic N) is 1. The zero-order valence-corrected chi connectivity index (χ0v) is 6.61. The van der Waals surface area contributed by atoms with Crippen molar-refractivity contribution in [3.05, 3.63) is 0 Å². The van der Waals surface area contributed by atoms with Crippen molar-refractivity contribution in [2.75, 3.05) is 14.1 Å². The predicted molar refractivity (Wildman–Crippen MR) is 35.7 cm³/mol. The highest BCUT2D eigenvalue weighted by Crippen LogP contribution is 1.97. The maximum Gasteiger partial charge on any atom is 1.00 e. The van der Waals surface area contributed by atoms with Gasteiger partial charge in [0, 0.05) is 6.92 Å². The molecule has 6 nitrogen and oxygen atoms in total. The average molecular weight is 167 g/mol. The van der Waals surface area contributed by atoms with Gasteiger partial charge in [-0.1, -0.05) is 0 Å². The third-order valence-corrected chi connectivity index (χ3v) is 0.847. The van der Waals surface area contributed by atoms with E-state index in [9.17, 15) is 0 Å². The highest BCUT2D eigenvalue weighted by atomic mass is 16.6. The Bertz CT molecular complexity index is 117. The minimum absolute atomic E-state index is 0. The molecule has 0 aliphatic heterocycles. The van der Waals surface area contributed by atoms with Gasteiger partial charge in [0.2, 0.25) is 12.1 Å². The van der Waals surface area contributed by atoms with Crippen LogP contribution < -0.4 is 5.11 Å². The summed E-state index contributed by atoms with van der Waals surface area (Å²) in [5.41, 5.74) is 0. The topological polar surface area (TPSA) is 104 Å². The van der Waals surface area contributed by atoms with Crippen LogP contribution in [0.15, 0.2) is 0 Å². The third kappa shape index (κ3) is 17.6. The van der Waals surface area contributed by atoms with Gasteiger partial charge in [0.05, 0.1) is 0 Å². The van der Waals surface area contributed by atoms with E-state index in [2.05, 4.69) is 0 Å². The number of hydrogen-bond acceptors (Lipinski definition) is 5. The minimum Gasteiger partial charge on any atom is -0.565 e. The highest BCUT2D eigenvalue weighted by Gasteiger charge is 2.16. The van der Waals surface area contributed by atoms with E-state index >= 15 is 0 Å². The lowest BCUT2D eigenvalue weighted by molar-refractivity contribution is -0.275. The van der Waals surface area contributed by atoms with Crippen LogP contribution in [0, 0.1) is 0 Å². The summed E-state index contributed by atoms with van der Waals surface area (Å²) in [5, 5.41) is 32.5. The van der Waals surface area contributed by atoms with Gasteiger partial charge in [0.15, 0.2) is 0 Å². The molecule has 0 aromatic carbocycles. The molecule has 0 aliphatic rings. The lowest BCUT2D eigenvalue weighted by Gasteiger charge is -2.23. The first-order valence-electron chi connectivity index (χ1n) is 2.70. The molecule has 0 atom stereocenters. The average Bonchev–Trinajstić information content (AvgIpc) is 1.59. The quantitative estimate of drug-likeness (QED) is 0.398. The van der Waals surface area contributed by atoms with E-state index in [-0.39, 0.29) is 1.43 Å². The van der Waals surface area contributed by atoms with Crippen molar-refractivity contribution in [3.63, 3.8) is 0 Å². The van der Waals surface area contributed by atoms with E-state index in [1.54, 1.807) is 14.1 Å². The molecule has 0 unspecified atom stereocenters. The highest BCUT2D eigenvalue weighted by molar-refractivity contribution is 5.50. The van der Waals surface area contributed by atoms with Gasteiger partial charge in [-0.25, -0.2) is 0 Å². The smallest absolute Gasteiger partial charge is 0.565 e. The summed E-state index contributed by atoms with van der Waals surface area (Å²) in [5.74, 6) is -1.67. The molecule has 0 spiro atoms. The second-order valence-electron chi connectivity index (χ2n) is 2.13. The van der Waals surface area contributed by atoms with Crippen LogP contribution >= 0.6 is 0 Å². The summed E-state index contributed by atoms with van der Waals surface area (Å²) in [7, 11) is 3.17. The Balaban J connectivity index is -0.000000142. The van der Waals surface area contributed by atoms with Crippen LogP contribution in [0.25, 0.3) is 0 Å². The normalized spacial score (nSPS) is 10.4. The van der Waals surface area contributed by atoms with Gasteiger partial charge >= 0.3 is 1.43 Å². The van der Waals surface area contributed by atoms with Crippen LogP contribution in [-0.4, -0.2) is 46.4 Å². The summed E-state index contributed by atoms with van der Waals surface area (Å²) >= 11 is 0. The van der Waals surface area contributed by atoms with E-state index in [1.807, 2.05) is 0 Å². The minimum atomic E-state index is -2.08. The number of rotatable bonds is 1.